The summed E-state index contributed by atoms with van der Waals surface area (Å²) >= 11 is 11.8. The molecule has 0 saturated carbocycles. The van der Waals surface area contributed by atoms with Crippen LogP contribution in [-0.2, 0) is 0 Å². The Balaban J connectivity index is 2.44. The summed E-state index contributed by atoms with van der Waals surface area (Å²) in [5, 5.41) is 12.2. The maximum atomic E-state index is 13.0. The quantitative estimate of drug-likeness (QED) is 0.862. The molecule has 0 unspecified atom stereocenters. The van der Waals surface area contributed by atoms with Crippen molar-refractivity contribution < 1.29 is 4.39 Å². The maximum absolute atomic E-state index is 13.0. The minimum atomic E-state index is -0.510. The number of benzene rings is 2. The van der Waals surface area contributed by atoms with Gasteiger partial charge in [-0.25, -0.2) is 4.39 Å². The molecule has 1 N–H and O–H groups in total. The van der Waals surface area contributed by atoms with E-state index in [4.69, 9.17) is 28.5 Å². The number of nitriles is 1. The highest BCUT2D eigenvalue weighted by Crippen LogP contribution is 2.34. The molecule has 0 saturated heterocycles. The van der Waals surface area contributed by atoms with Crippen molar-refractivity contribution >= 4 is 34.6 Å². The third-order valence-electron chi connectivity index (χ3n) is 2.31. The van der Waals surface area contributed by atoms with Crippen LogP contribution in [0.5, 0.6) is 0 Å². The first-order valence-corrected chi connectivity index (χ1v) is 5.78. The van der Waals surface area contributed by atoms with Gasteiger partial charge in [0, 0.05) is 0 Å². The minimum absolute atomic E-state index is 0.160. The van der Waals surface area contributed by atoms with Crippen molar-refractivity contribution in [2.75, 3.05) is 5.32 Å². The Morgan fingerprint density at radius 1 is 1.11 bits per heavy atom. The standard InChI is InChI=1S/C13H7Cl2FN2/c14-10-5-9(16)6-11(15)13(10)18-12-4-2-1-3-8(12)7-17/h1-6,18H. The third-order valence-corrected chi connectivity index (χ3v) is 2.91. The number of hydrogen-bond acceptors (Lipinski definition) is 2. The highest BCUT2D eigenvalue weighted by molar-refractivity contribution is 6.39. The molecule has 0 aliphatic carbocycles. The van der Waals surface area contributed by atoms with Gasteiger partial charge in [-0.05, 0) is 24.3 Å². The lowest BCUT2D eigenvalue weighted by Gasteiger charge is -2.11. The summed E-state index contributed by atoms with van der Waals surface area (Å²) in [6.07, 6.45) is 0. The Bertz CT molecular complexity index is 612. The molecule has 0 aliphatic heterocycles. The van der Waals surface area contributed by atoms with Crippen LogP contribution in [0.2, 0.25) is 10.0 Å². The Morgan fingerprint density at radius 2 is 1.72 bits per heavy atom. The van der Waals surface area contributed by atoms with Crippen LogP contribution >= 0.6 is 23.2 Å². The van der Waals surface area contributed by atoms with Gasteiger partial charge in [-0.1, -0.05) is 35.3 Å². The second-order valence-corrected chi connectivity index (χ2v) is 4.34. The van der Waals surface area contributed by atoms with E-state index in [1.165, 1.54) is 0 Å². The molecule has 0 fully saturated rings. The van der Waals surface area contributed by atoms with Gasteiger partial charge in [-0.2, -0.15) is 5.26 Å². The van der Waals surface area contributed by atoms with E-state index in [9.17, 15) is 4.39 Å². The summed E-state index contributed by atoms with van der Waals surface area (Å²) in [5.74, 6) is -0.510. The largest absolute Gasteiger partial charge is 0.352 e. The molecule has 0 aliphatic rings. The zero-order valence-corrected chi connectivity index (χ0v) is 10.6. The van der Waals surface area contributed by atoms with E-state index in [-0.39, 0.29) is 10.0 Å². The lowest BCUT2D eigenvalue weighted by molar-refractivity contribution is 0.628. The van der Waals surface area contributed by atoms with Gasteiger partial charge >= 0.3 is 0 Å². The van der Waals surface area contributed by atoms with Gasteiger partial charge in [-0.3, -0.25) is 0 Å². The SMILES string of the molecule is N#Cc1ccccc1Nc1c(Cl)cc(F)cc1Cl. The monoisotopic (exact) mass is 280 g/mol. The van der Waals surface area contributed by atoms with Gasteiger partial charge in [0.2, 0.25) is 0 Å². The smallest absolute Gasteiger partial charge is 0.126 e. The van der Waals surface area contributed by atoms with Gasteiger partial charge in [0.1, 0.15) is 11.9 Å². The summed E-state index contributed by atoms with van der Waals surface area (Å²) in [5.41, 5.74) is 1.40. The van der Waals surface area contributed by atoms with Crippen LogP contribution in [-0.4, -0.2) is 0 Å². The Hall–Kier alpha value is -1.76. The number of halogens is 3. The van der Waals surface area contributed by atoms with Gasteiger partial charge in [0.25, 0.3) is 0 Å². The first-order valence-electron chi connectivity index (χ1n) is 5.02. The molecule has 2 rings (SSSR count). The summed E-state index contributed by atoms with van der Waals surface area (Å²) in [6.45, 7) is 0. The number of nitrogens with one attached hydrogen (secondary N) is 1. The van der Waals surface area contributed by atoms with Crippen LogP contribution in [0.25, 0.3) is 0 Å². The molecular weight excluding hydrogens is 274 g/mol. The van der Waals surface area contributed by atoms with E-state index in [2.05, 4.69) is 5.32 Å². The second kappa shape index (κ2) is 5.26. The summed E-state index contributed by atoms with van der Waals surface area (Å²) in [4.78, 5) is 0. The fraction of sp³-hybridized carbons (Fsp3) is 0. The number of rotatable bonds is 2. The van der Waals surface area contributed by atoms with Crippen LogP contribution in [0.4, 0.5) is 15.8 Å². The average Bonchev–Trinajstić information content (AvgIpc) is 2.34. The minimum Gasteiger partial charge on any atom is -0.352 e. The molecule has 2 aromatic rings. The van der Waals surface area contributed by atoms with Crippen molar-refractivity contribution in [3.8, 4) is 6.07 Å². The van der Waals surface area contributed by atoms with Gasteiger partial charge < -0.3 is 5.32 Å². The molecule has 0 spiro atoms. The van der Waals surface area contributed by atoms with E-state index in [1.54, 1.807) is 24.3 Å². The molecule has 2 aromatic carbocycles. The average molecular weight is 281 g/mol. The van der Waals surface area contributed by atoms with E-state index in [0.717, 1.165) is 12.1 Å². The van der Waals surface area contributed by atoms with E-state index < -0.39 is 5.82 Å². The molecule has 0 amide bonds. The number of para-hydroxylation sites is 1. The molecular formula is C13H7Cl2FN2. The highest BCUT2D eigenvalue weighted by Gasteiger charge is 2.10. The van der Waals surface area contributed by atoms with E-state index in [0.29, 0.717) is 16.9 Å². The van der Waals surface area contributed by atoms with Crippen molar-refractivity contribution in [2.45, 2.75) is 0 Å². The van der Waals surface area contributed by atoms with Crippen molar-refractivity contribution in [3.63, 3.8) is 0 Å². The Morgan fingerprint density at radius 3 is 2.33 bits per heavy atom. The molecule has 18 heavy (non-hydrogen) atoms. The summed E-state index contributed by atoms with van der Waals surface area (Å²) < 4.78 is 13.0. The molecule has 0 bridgehead atoms. The van der Waals surface area contributed by atoms with Crippen LogP contribution < -0.4 is 5.32 Å². The molecule has 90 valence electrons. The lowest BCUT2D eigenvalue weighted by atomic mass is 10.2. The molecule has 0 heterocycles. The Kier molecular flexibility index (Phi) is 3.71. The maximum Gasteiger partial charge on any atom is 0.126 e. The van der Waals surface area contributed by atoms with Crippen LogP contribution in [0.1, 0.15) is 5.56 Å². The predicted molar refractivity (Wildman–Crippen MR) is 70.9 cm³/mol. The molecule has 5 heteroatoms. The van der Waals surface area contributed by atoms with E-state index >= 15 is 0 Å². The lowest BCUT2D eigenvalue weighted by Crippen LogP contribution is -1.95. The van der Waals surface area contributed by atoms with E-state index in [1.807, 2.05) is 6.07 Å². The number of hydrogen-bond donors (Lipinski definition) is 1. The molecule has 0 aromatic heterocycles. The van der Waals surface area contributed by atoms with Gasteiger partial charge in [0.05, 0.1) is 27.0 Å². The number of anilines is 2. The zero-order chi connectivity index (χ0) is 13.1. The fourth-order valence-electron chi connectivity index (χ4n) is 1.49. The van der Waals surface area contributed by atoms with Gasteiger partial charge in [-0.15, -0.1) is 0 Å². The van der Waals surface area contributed by atoms with Crippen LogP contribution in [0.3, 0.4) is 0 Å². The van der Waals surface area contributed by atoms with Crippen LogP contribution in [0, 0.1) is 17.1 Å². The summed E-state index contributed by atoms with van der Waals surface area (Å²) in [7, 11) is 0. The normalized spacial score (nSPS) is 9.89. The Labute approximate surface area is 114 Å². The topological polar surface area (TPSA) is 35.8 Å². The first-order chi connectivity index (χ1) is 8.61. The van der Waals surface area contributed by atoms with Crippen molar-refractivity contribution in [1.82, 2.24) is 0 Å². The molecule has 2 nitrogen and oxygen atoms in total. The third kappa shape index (κ3) is 2.56. The fourth-order valence-corrected chi connectivity index (χ4v) is 2.04. The first kappa shape index (κ1) is 12.7. The van der Waals surface area contributed by atoms with Crippen LogP contribution in [0.15, 0.2) is 36.4 Å². The summed E-state index contributed by atoms with van der Waals surface area (Å²) in [6, 6.07) is 11.3. The number of nitrogens with zero attached hydrogens (tertiary/aromatic N) is 1. The predicted octanol–water partition coefficient (Wildman–Crippen LogP) is 4.75. The highest BCUT2D eigenvalue weighted by atomic mass is 35.5. The van der Waals surface area contributed by atoms with Crippen molar-refractivity contribution in [1.29, 1.82) is 5.26 Å². The van der Waals surface area contributed by atoms with Crippen molar-refractivity contribution in [3.05, 3.63) is 57.8 Å². The second-order valence-electron chi connectivity index (χ2n) is 3.53. The molecule has 0 atom stereocenters. The van der Waals surface area contributed by atoms with Crippen molar-refractivity contribution in [2.24, 2.45) is 0 Å². The molecule has 0 radical (unpaired) electrons. The zero-order valence-electron chi connectivity index (χ0n) is 9.05. The van der Waals surface area contributed by atoms with Gasteiger partial charge in [0.15, 0.2) is 0 Å².